The number of rotatable bonds is 3. The van der Waals surface area contributed by atoms with Crippen molar-refractivity contribution in [3.05, 3.63) is 22.7 Å². The number of nitrogens with one attached hydrogen (secondary N) is 1. The number of benzene rings is 1. The maximum Gasteiger partial charge on any atom is 0.243 e. The second-order valence-corrected chi connectivity index (χ2v) is 7.85. The fourth-order valence-corrected chi connectivity index (χ4v) is 4.11. The van der Waals surface area contributed by atoms with E-state index < -0.39 is 10.0 Å². The largest absolute Gasteiger partial charge is 0.398 e. The van der Waals surface area contributed by atoms with Gasteiger partial charge in [0, 0.05) is 36.2 Å². The Labute approximate surface area is 132 Å². The molecule has 0 aromatic heterocycles. The SMILES string of the molecule is CC(=O)NC1CCN(S(=O)(=O)c2ccc(Br)c(N)c2)CC1. The molecule has 0 saturated carbocycles. The Bertz CT molecular complexity index is 640. The van der Waals surface area contributed by atoms with Gasteiger partial charge in [0.2, 0.25) is 15.9 Å². The van der Waals surface area contributed by atoms with Gasteiger partial charge in [0.15, 0.2) is 0 Å². The molecule has 21 heavy (non-hydrogen) atoms. The second kappa shape index (κ2) is 6.33. The highest BCUT2D eigenvalue weighted by Crippen LogP contribution is 2.26. The summed E-state index contributed by atoms with van der Waals surface area (Å²) in [4.78, 5) is 11.2. The molecule has 1 aliphatic heterocycles. The number of piperidine rings is 1. The van der Waals surface area contributed by atoms with Gasteiger partial charge in [0.25, 0.3) is 0 Å². The Morgan fingerprint density at radius 3 is 2.52 bits per heavy atom. The first-order valence-corrected chi connectivity index (χ1v) is 8.86. The molecule has 0 aliphatic carbocycles. The number of nitrogen functional groups attached to an aromatic ring is 1. The molecular formula is C13H18BrN3O3S. The number of amides is 1. The normalized spacial score (nSPS) is 17.6. The molecule has 0 bridgehead atoms. The molecule has 116 valence electrons. The fraction of sp³-hybridized carbons (Fsp3) is 0.462. The maximum absolute atomic E-state index is 12.5. The van der Waals surface area contributed by atoms with Crippen LogP contribution >= 0.6 is 15.9 Å². The summed E-state index contributed by atoms with van der Waals surface area (Å²) in [5, 5.41) is 2.82. The fourth-order valence-electron chi connectivity index (χ4n) is 2.36. The van der Waals surface area contributed by atoms with E-state index in [0.717, 1.165) is 0 Å². The molecule has 1 amide bonds. The number of carbonyl (C=O) groups excluding carboxylic acids is 1. The zero-order valence-electron chi connectivity index (χ0n) is 11.7. The van der Waals surface area contributed by atoms with E-state index in [-0.39, 0.29) is 16.8 Å². The molecule has 1 aliphatic rings. The van der Waals surface area contributed by atoms with E-state index in [2.05, 4.69) is 21.2 Å². The molecule has 1 heterocycles. The quantitative estimate of drug-likeness (QED) is 0.779. The lowest BCUT2D eigenvalue weighted by molar-refractivity contribution is -0.119. The molecule has 3 N–H and O–H groups in total. The molecule has 0 spiro atoms. The van der Waals surface area contributed by atoms with E-state index in [4.69, 9.17) is 5.73 Å². The molecule has 2 rings (SSSR count). The van der Waals surface area contributed by atoms with Gasteiger partial charge in [0.05, 0.1) is 4.90 Å². The Balaban J connectivity index is 2.11. The minimum Gasteiger partial charge on any atom is -0.398 e. The third kappa shape index (κ3) is 3.75. The molecule has 8 heteroatoms. The van der Waals surface area contributed by atoms with Crippen molar-refractivity contribution < 1.29 is 13.2 Å². The number of nitrogens with two attached hydrogens (primary N) is 1. The van der Waals surface area contributed by atoms with Crippen molar-refractivity contribution in [1.29, 1.82) is 0 Å². The Morgan fingerprint density at radius 1 is 1.38 bits per heavy atom. The van der Waals surface area contributed by atoms with Crippen LogP contribution in [0.4, 0.5) is 5.69 Å². The third-order valence-electron chi connectivity index (χ3n) is 3.47. The lowest BCUT2D eigenvalue weighted by Gasteiger charge is -2.31. The highest BCUT2D eigenvalue weighted by molar-refractivity contribution is 9.10. The average Bonchev–Trinajstić information content (AvgIpc) is 2.41. The van der Waals surface area contributed by atoms with Crippen LogP contribution in [0.3, 0.4) is 0 Å². The first kappa shape index (κ1) is 16.3. The van der Waals surface area contributed by atoms with Crippen molar-refractivity contribution in [3.63, 3.8) is 0 Å². The highest BCUT2D eigenvalue weighted by atomic mass is 79.9. The number of hydrogen-bond donors (Lipinski definition) is 2. The maximum atomic E-state index is 12.5. The summed E-state index contributed by atoms with van der Waals surface area (Å²) in [6.07, 6.45) is 1.23. The Kier molecular flexibility index (Phi) is 4.90. The predicted octanol–water partition coefficient (Wildman–Crippen LogP) is 1.32. The number of hydrogen-bond acceptors (Lipinski definition) is 4. The second-order valence-electron chi connectivity index (χ2n) is 5.06. The van der Waals surface area contributed by atoms with Crippen molar-refractivity contribution in [2.24, 2.45) is 0 Å². The van der Waals surface area contributed by atoms with Gasteiger partial charge in [0.1, 0.15) is 0 Å². The van der Waals surface area contributed by atoms with Gasteiger partial charge in [-0.3, -0.25) is 4.79 Å². The Hall–Kier alpha value is -1.12. The Morgan fingerprint density at radius 2 is 2.00 bits per heavy atom. The number of anilines is 1. The van der Waals surface area contributed by atoms with E-state index >= 15 is 0 Å². The van der Waals surface area contributed by atoms with Gasteiger partial charge in [-0.25, -0.2) is 8.42 Å². The summed E-state index contributed by atoms with van der Waals surface area (Å²) < 4.78 is 27.2. The summed E-state index contributed by atoms with van der Waals surface area (Å²) in [6.45, 7) is 2.25. The first-order valence-electron chi connectivity index (χ1n) is 6.63. The summed E-state index contributed by atoms with van der Waals surface area (Å²) in [7, 11) is -3.53. The van der Waals surface area contributed by atoms with Gasteiger partial charge >= 0.3 is 0 Å². The number of carbonyl (C=O) groups is 1. The van der Waals surface area contributed by atoms with Crippen LogP contribution < -0.4 is 11.1 Å². The molecule has 1 saturated heterocycles. The molecule has 1 aromatic rings. The van der Waals surface area contributed by atoms with Crippen LogP contribution in [0.5, 0.6) is 0 Å². The average molecular weight is 376 g/mol. The molecule has 1 aromatic carbocycles. The van der Waals surface area contributed by atoms with Gasteiger partial charge in [-0.1, -0.05) is 0 Å². The van der Waals surface area contributed by atoms with Gasteiger partial charge < -0.3 is 11.1 Å². The lowest BCUT2D eigenvalue weighted by Crippen LogP contribution is -2.46. The molecule has 0 radical (unpaired) electrons. The minimum absolute atomic E-state index is 0.0453. The summed E-state index contributed by atoms with van der Waals surface area (Å²) in [6, 6.07) is 4.67. The van der Waals surface area contributed by atoms with Crippen molar-refractivity contribution in [1.82, 2.24) is 9.62 Å². The van der Waals surface area contributed by atoms with E-state index in [1.165, 1.54) is 23.4 Å². The van der Waals surface area contributed by atoms with Gasteiger partial charge in [-0.05, 0) is 47.0 Å². The van der Waals surface area contributed by atoms with E-state index in [1.54, 1.807) is 6.07 Å². The molecule has 0 atom stereocenters. The standard InChI is InChI=1S/C13H18BrN3O3S/c1-9(18)16-10-4-6-17(7-5-10)21(19,20)11-2-3-12(14)13(15)8-11/h2-3,8,10H,4-7,15H2,1H3,(H,16,18). The molecule has 6 nitrogen and oxygen atoms in total. The van der Waals surface area contributed by atoms with E-state index in [1.807, 2.05) is 0 Å². The van der Waals surface area contributed by atoms with Crippen molar-refractivity contribution in [2.45, 2.75) is 30.7 Å². The summed E-state index contributed by atoms with van der Waals surface area (Å²) >= 11 is 3.25. The predicted molar refractivity (Wildman–Crippen MR) is 84.2 cm³/mol. The molecule has 0 unspecified atom stereocenters. The highest BCUT2D eigenvalue weighted by Gasteiger charge is 2.29. The van der Waals surface area contributed by atoms with Crippen molar-refractivity contribution in [3.8, 4) is 0 Å². The van der Waals surface area contributed by atoms with Crippen LogP contribution in [-0.4, -0.2) is 37.8 Å². The number of nitrogens with zero attached hydrogens (tertiary/aromatic N) is 1. The number of sulfonamides is 1. The van der Waals surface area contributed by atoms with Crippen LogP contribution in [0.2, 0.25) is 0 Å². The lowest BCUT2D eigenvalue weighted by atomic mass is 10.1. The van der Waals surface area contributed by atoms with Crippen molar-refractivity contribution in [2.75, 3.05) is 18.8 Å². The smallest absolute Gasteiger partial charge is 0.243 e. The van der Waals surface area contributed by atoms with E-state index in [9.17, 15) is 13.2 Å². The summed E-state index contributed by atoms with van der Waals surface area (Å²) in [5.41, 5.74) is 6.14. The van der Waals surface area contributed by atoms with Crippen molar-refractivity contribution >= 4 is 37.5 Å². The minimum atomic E-state index is -3.53. The monoisotopic (exact) mass is 375 g/mol. The van der Waals surface area contributed by atoms with E-state index in [0.29, 0.717) is 36.1 Å². The van der Waals surface area contributed by atoms with Gasteiger partial charge in [-0.15, -0.1) is 0 Å². The van der Waals surface area contributed by atoms with Crippen LogP contribution in [0.25, 0.3) is 0 Å². The van der Waals surface area contributed by atoms with Crippen LogP contribution in [0.15, 0.2) is 27.6 Å². The first-order chi connectivity index (χ1) is 9.80. The molecule has 1 fully saturated rings. The number of halogens is 1. The third-order valence-corrected chi connectivity index (χ3v) is 6.08. The topological polar surface area (TPSA) is 92.5 Å². The van der Waals surface area contributed by atoms with Gasteiger partial charge in [-0.2, -0.15) is 4.31 Å². The van der Waals surface area contributed by atoms with Crippen LogP contribution in [-0.2, 0) is 14.8 Å². The van der Waals surface area contributed by atoms with Crippen LogP contribution in [0.1, 0.15) is 19.8 Å². The zero-order valence-corrected chi connectivity index (χ0v) is 14.1. The molecular weight excluding hydrogens is 358 g/mol. The zero-order chi connectivity index (χ0) is 15.6. The van der Waals surface area contributed by atoms with Crippen LogP contribution in [0, 0.1) is 0 Å². The summed E-state index contributed by atoms with van der Waals surface area (Å²) in [5.74, 6) is -0.0861.